The Hall–Kier alpha value is -0.0800. The topological polar surface area (TPSA) is 21.3 Å². The first-order valence-corrected chi connectivity index (χ1v) is 7.55. The summed E-state index contributed by atoms with van der Waals surface area (Å²) in [4.78, 5) is 0. The lowest BCUT2D eigenvalue weighted by molar-refractivity contribution is -0.116. The zero-order valence-electron chi connectivity index (χ0n) is 11.1. The van der Waals surface area contributed by atoms with Crippen LogP contribution in [-0.4, -0.2) is 24.8 Å². The molecule has 4 fully saturated rings. The fourth-order valence-corrected chi connectivity index (χ4v) is 4.44. The van der Waals surface area contributed by atoms with E-state index < -0.39 is 0 Å². The predicted octanol–water partition coefficient (Wildman–Crippen LogP) is 2.58. The van der Waals surface area contributed by atoms with Crippen molar-refractivity contribution in [2.75, 3.05) is 6.61 Å². The molecule has 3 unspecified atom stereocenters. The summed E-state index contributed by atoms with van der Waals surface area (Å²) in [5.41, 5.74) is 0.364. The van der Waals surface area contributed by atoms with Gasteiger partial charge in [0.05, 0.1) is 6.10 Å². The summed E-state index contributed by atoms with van der Waals surface area (Å²) in [7, 11) is 0. The van der Waals surface area contributed by atoms with E-state index in [1.165, 1.54) is 32.1 Å². The molecule has 0 aromatic heterocycles. The Morgan fingerprint density at radius 2 is 1.71 bits per heavy atom. The zero-order valence-corrected chi connectivity index (χ0v) is 11.1. The van der Waals surface area contributed by atoms with Crippen molar-refractivity contribution in [3.05, 3.63) is 0 Å². The highest BCUT2D eigenvalue weighted by Gasteiger charge is 2.60. The Kier molecular flexibility index (Phi) is 2.21. The fourth-order valence-electron chi connectivity index (χ4n) is 4.44. The number of hydrogen-bond donors (Lipinski definition) is 1. The quantitative estimate of drug-likeness (QED) is 0.808. The maximum absolute atomic E-state index is 5.89. The zero-order chi connectivity index (χ0) is 11.6. The standard InChI is InChI=1S/C15H25NO/c1-15(2)13(11-7-8-17-14(11)15)16-12(9-3-4-9)10-5-6-10/h9-14,16H,3-8H2,1-2H3. The van der Waals surface area contributed by atoms with E-state index in [0.717, 1.165) is 36.4 Å². The van der Waals surface area contributed by atoms with Crippen LogP contribution >= 0.6 is 0 Å². The lowest BCUT2D eigenvalue weighted by Crippen LogP contribution is -2.67. The van der Waals surface area contributed by atoms with Crippen molar-refractivity contribution < 1.29 is 4.74 Å². The molecule has 1 N–H and O–H groups in total. The van der Waals surface area contributed by atoms with Gasteiger partial charge in [-0.2, -0.15) is 0 Å². The Labute approximate surface area is 104 Å². The molecule has 3 saturated carbocycles. The van der Waals surface area contributed by atoms with Crippen molar-refractivity contribution in [1.82, 2.24) is 5.32 Å². The minimum atomic E-state index is 0.364. The van der Waals surface area contributed by atoms with Crippen LogP contribution in [0, 0.1) is 23.2 Å². The van der Waals surface area contributed by atoms with Gasteiger partial charge >= 0.3 is 0 Å². The molecule has 4 rings (SSSR count). The van der Waals surface area contributed by atoms with Crippen LogP contribution in [0.3, 0.4) is 0 Å². The Bertz CT molecular complexity index is 307. The molecule has 17 heavy (non-hydrogen) atoms. The van der Waals surface area contributed by atoms with E-state index in [-0.39, 0.29) is 0 Å². The van der Waals surface area contributed by atoms with Crippen molar-refractivity contribution >= 4 is 0 Å². The van der Waals surface area contributed by atoms with Gasteiger partial charge in [-0.25, -0.2) is 0 Å². The average Bonchev–Trinajstić information content (AvgIpc) is 3.18. The van der Waals surface area contributed by atoms with Gasteiger partial charge in [0, 0.05) is 30.0 Å². The monoisotopic (exact) mass is 235 g/mol. The summed E-state index contributed by atoms with van der Waals surface area (Å²) in [6, 6.07) is 1.57. The Morgan fingerprint density at radius 3 is 2.29 bits per heavy atom. The summed E-state index contributed by atoms with van der Waals surface area (Å²) in [6.07, 6.45) is 7.74. The largest absolute Gasteiger partial charge is 0.377 e. The second-order valence-corrected chi connectivity index (χ2v) is 7.41. The SMILES string of the molecule is CC1(C)C(NC(C2CC2)C2CC2)C2CCOC21. The van der Waals surface area contributed by atoms with Crippen LogP contribution in [0.25, 0.3) is 0 Å². The summed E-state index contributed by atoms with van der Waals surface area (Å²) >= 11 is 0. The molecule has 2 heteroatoms. The van der Waals surface area contributed by atoms with Gasteiger partial charge in [0.15, 0.2) is 0 Å². The van der Waals surface area contributed by atoms with Gasteiger partial charge in [-0.15, -0.1) is 0 Å². The summed E-state index contributed by atoms with van der Waals surface area (Å²) in [5.74, 6) is 2.84. The van der Waals surface area contributed by atoms with Crippen molar-refractivity contribution in [3.63, 3.8) is 0 Å². The van der Waals surface area contributed by atoms with Crippen LogP contribution in [0.4, 0.5) is 0 Å². The highest BCUT2D eigenvalue weighted by molar-refractivity contribution is 5.13. The van der Waals surface area contributed by atoms with Crippen LogP contribution in [-0.2, 0) is 4.74 Å². The first-order chi connectivity index (χ1) is 8.18. The molecular formula is C15H25NO. The summed E-state index contributed by atoms with van der Waals surface area (Å²) in [6.45, 7) is 5.79. The van der Waals surface area contributed by atoms with Gasteiger partial charge in [-0.1, -0.05) is 13.8 Å². The normalized spacial score (nSPS) is 43.6. The molecular weight excluding hydrogens is 210 g/mol. The predicted molar refractivity (Wildman–Crippen MR) is 67.8 cm³/mol. The highest BCUT2D eigenvalue weighted by atomic mass is 16.5. The van der Waals surface area contributed by atoms with Crippen LogP contribution in [0.2, 0.25) is 0 Å². The minimum absolute atomic E-state index is 0.364. The fraction of sp³-hybridized carbons (Fsp3) is 1.00. The molecule has 0 aromatic carbocycles. The number of rotatable bonds is 4. The van der Waals surface area contributed by atoms with E-state index in [0.29, 0.717) is 11.5 Å². The Balaban J connectivity index is 1.47. The number of hydrogen-bond acceptors (Lipinski definition) is 2. The number of nitrogens with one attached hydrogen (secondary N) is 1. The molecule has 3 atom stereocenters. The van der Waals surface area contributed by atoms with Gasteiger partial charge in [0.1, 0.15) is 0 Å². The average molecular weight is 235 g/mol. The van der Waals surface area contributed by atoms with E-state index in [1.54, 1.807) is 0 Å². The van der Waals surface area contributed by atoms with Crippen LogP contribution in [0.5, 0.6) is 0 Å². The van der Waals surface area contributed by atoms with Crippen molar-refractivity contribution in [1.29, 1.82) is 0 Å². The maximum Gasteiger partial charge on any atom is 0.0685 e. The molecule has 0 aromatic rings. The van der Waals surface area contributed by atoms with Gasteiger partial charge in [0.25, 0.3) is 0 Å². The number of ether oxygens (including phenoxy) is 1. The molecule has 96 valence electrons. The molecule has 1 heterocycles. The van der Waals surface area contributed by atoms with Crippen LogP contribution < -0.4 is 5.32 Å². The lowest BCUT2D eigenvalue weighted by atomic mass is 9.57. The molecule has 2 nitrogen and oxygen atoms in total. The molecule has 4 aliphatic rings. The molecule has 0 spiro atoms. The van der Waals surface area contributed by atoms with E-state index >= 15 is 0 Å². The summed E-state index contributed by atoms with van der Waals surface area (Å²) < 4.78 is 5.89. The van der Waals surface area contributed by atoms with Crippen molar-refractivity contribution in [2.24, 2.45) is 23.2 Å². The van der Waals surface area contributed by atoms with Gasteiger partial charge in [0.2, 0.25) is 0 Å². The smallest absolute Gasteiger partial charge is 0.0685 e. The molecule has 1 aliphatic heterocycles. The van der Waals surface area contributed by atoms with Crippen LogP contribution in [0.1, 0.15) is 46.0 Å². The van der Waals surface area contributed by atoms with E-state index in [9.17, 15) is 0 Å². The van der Waals surface area contributed by atoms with Gasteiger partial charge < -0.3 is 10.1 Å². The van der Waals surface area contributed by atoms with E-state index in [4.69, 9.17) is 4.74 Å². The lowest BCUT2D eigenvalue weighted by Gasteiger charge is -2.56. The number of fused-ring (bicyclic) bond motifs is 1. The minimum Gasteiger partial charge on any atom is -0.377 e. The van der Waals surface area contributed by atoms with Crippen LogP contribution in [0.15, 0.2) is 0 Å². The van der Waals surface area contributed by atoms with Crippen molar-refractivity contribution in [3.8, 4) is 0 Å². The third-order valence-electron chi connectivity index (χ3n) is 5.73. The third-order valence-corrected chi connectivity index (χ3v) is 5.73. The molecule has 0 bridgehead atoms. The Morgan fingerprint density at radius 1 is 1.06 bits per heavy atom. The molecule has 3 aliphatic carbocycles. The first-order valence-electron chi connectivity index (χ1n) is 7.55. The maximum atomic E-state index is 5.89. The first kappa shape index (κ1) is 10.8. The third kappa shape index (κ3) is 1.60. The summed E-state index contributed by atoms with van der Waals surface area (Å²) in [5, 5.41) is 4.06. The van der Waals surface area contributed by atoms with E-state index in [1.807, 2.05) is 0 Å². The van der Waals surface area contributed by atoms with Crippen molar-refractivity contribution in [2.45, 2.75) is 64.1 Å². The van der Waals surface area contributed by atoms with E-state index in [2.05, 4.69) is 19.2 Å². The molecule has 0 radical (unpaired) electrons. The second-order valence-electron chi connectivity index (χ2n) is 7.41. The van der Waals surface area contributed by atoms with Gasteiger partial charge in [-0.05, 0) is 43.9 Å². The molecule has 0 amide bonds. The highest BCUT2D eigenvalue weighted by Crippen LogP contribution is 2.54. The van der Waals surface area contributed by atoms with Gasteiger partial charge in [-0.3, -0.25) is 0 Å². The molecule has 1 saturated heterocycles. The second kappa shape index (κ2) is 3.48.